The number of amides is 1. The van der Waals surface area contributed by atoms with E-state index in [1.54, 1.807) is 0 Å². The maximum absolute atomic E-state index is 10.8. The lowest BCUT2D eigenvalue weighted by Crippen LogP contribution is -2.36. The Morgan fingerprint density at radius 1 is 1.53 bits per heavy atom. The third-order valence-electron chi connectivity index (χ3n) is 2.58. The largest absolute Gasteiger partial charge is 0.488 e. The molecule has 0 saturated heterocycles. The number of hydrogen-bond acceptors (Lipinski definition) is 2. The van der Waals surface area contributed by atoms with E-state index in [1.165, 1.54) is 12.5 Å². The lowest BCUT2D eigenvalue weighted by Gasteiger charge is -2.25. The number of para-hydroxylation sites is 1. The van der Waals surface area contributed by atoms with Crippen LogP contribution in [0.3, 0.4) is 0 Å². The molecule has 1 aromatic carbocycles. The first-order chi connectivity index (χ1) is 7.25. The molecule has 1 unspecified atom stereocenters. The highest BCUT2D eigenvalue weighted by atomic mass is 16.5. The fourth-order valence-electron chi connectivity index (χ4n) is 1.78. The predicted octanol–water partition coefficient (Wildman–Crippen LogP) is 1.52. The molecule has 1 heterocycles. The molecule has 1 atom stereocenters. The Bertz CT molecular complexity index is 362. The summed E-state index contributed by atoms with van der Waals surface area (Å²) in [7, 11) is 0. The molecule has 1 amide bonds. The van der Waals surface area contributed by atoms with Crippen molar-refractivity contribution in [1.29, 1.82) is 0 Å². The minimum Gasteiger partial charge on any atom is -0.488 e. The van der Waals surface area contributed by atoms with Crippen LogP contribution >= 0.6 is 0 Å². The number of rotatable bonds is 2. The van der Waals surface area contributed by atoms with E-state index in [0.717, 1.165) is 18.6 Å². The van der Waals surface area contributed by atoms with Crippen LogP contribution in [0.15, 0.2) is 24.3 Å². The molecule has 3 heteroatoms. The first kappa shape index (κ1) is 10.0. The van der Waals surface area contributed by atoms with E-state index in [4.69, 9.17) is 4.74 Å². The molecule has 0 bridgehead atoms. The number of ether oxygens (including phenoxy) is 1. The van der Waals surface area contributed by atoms with Gasteiger partial charge in [0, 0.05) is 6.92 Å². The fraction of sp³-hybridized carbons (Fsp3) is 0.417. The van der Waals surface area contributed by atoms with Crippen LogP contribution in [-0.4, -0.2) is 18.6 Å². The molecule has 0 radical (unpaired) electrons. The summed E-state index contributed by atoms with van der Waals surface area (Å²) in [5.74, 6) is 0.955. The molecule has 0 aliphatic carbocycles. The van der Waals surface area contributed by atoms with Gasteiger partial charge in [-0.15, -0.1) is 0 Å². The van der Waals surface area contributed by atoms with Gasteiger partial charge >= 0.3 is 0 Å². The van der Waals surface area contributed by atoms with E-state index in [2.05, 4.69) is 11.4 Å². The molecular weight excluding hydrogens is 190 g/mol. The van der Waals surface area contributed by atoms with Crippen molar-refractivity contribution in [1.82, 2.24) is 5.32 Å². The van der Waals surface area contributed by atoms with Crippen molar-refractivity contribution in [2.75, 3.05) is 6.54 Å². The average molecular weight is 205 g/mol. The summed E-state index contributed by atoms with van der Waals surface area (Å²) in [4.78, 5) is 10.8. The Kier molecular flexibility index (Phi) is 2.90. The van der Waals surface area contributed by atoms with E-state index in [0.29, 0.717) is 6.54 Å². The Morgan fingerprint density at radius 3 is 3.13 bits per heavy atom. The molecule has 0 fully saturated rings. The van der Waals surface area contributed by atoms with Crippen molar-refractivity contribution >= 4 is 5.91 Å². The molecule has 0 aromatic heterocycles. The molecular formula is C12H15NO2. The predicted molar refractivity (Wildman–Crippen MR) is 57.9 cm³/mol. The van der Waals surface area contributed by atoms with Crippen LogP contribution in [0.2, 0.25) is 0 Å². The highest BCUT2D eigenvalue weighted by Gasteiger charge is 2.18. The number of aryl methyl sites for hydroxylation is 1. The van der Waals surface area contributed by atoms with E-state index < -0.39 is 0 Å². The normalized spacial score (nSPS) is 18.9. The SMILES string of the molecule is CC(=O)NCC1CCc2ccccc2O1. The summed E-state index contributed by atoms with van der Waals surface area (Å²) >= 11 is 0. The van der Waals surface area contributed by atoms with Crippen molar-refractivity contribution in [2.45, 2.75) is 25.9 Å². The van der Waals surface area contributed by atoms with Gasteiger partial charge in [-0.1, -0.05) is 18.2 Å². The van der Waals surface area contributed by atoms with Gasteiger partial charge in [-0.2, -0.15) is 0 Å². The van der Waals surface area contributed by atoms with Crippen molar-refractivity contribution in [2.24, 2.45) is 0 Å². The summed E-state index contributed by atoms with van der Waals surface area (Å²) in [5, 5.41) is 2.78. The number of hydrogen-bond donors (Lipinski definition) is 1. The van der Waals surface area contributed by atoms with Crippen LogP contribution in [0.5, 0.6) is 5.75 Å². The molecule has 80 valence electrons. The van der Waals surface area contributed by atoms with Gasteiger partial charge in [0.15, 0.2) is 0 Å². The fourth-order valence-corrected chi connectivity index (χ4v) is 1.78. The lowest BCUT2D eigenvalue weighted by molar-refractivity contribution is -0.119. The summed E-state index contributed by atoms with van der Waals surface area (Å²) < 4.78 is 5.77. The zero-order valence-corrected chi connectivity index (χ0v) is 8.82. The second-order valence-corrected chi connectivity index (χ2v) is 3.82. The van der Waals surface area contributed by atoms with Crippen molar-refractivity contribution < 1.29 is 9.53 Å². The van der Waals surface area contributed by atoms with Crippen LogP contribution in [-0.2, 0) is 11.2 Å². The first-order valence-corrected chi connectivity index (χ1v) is 5.24. The van der Waals surface area contributed by atoms with Gasteiger partial charge in [0.05, 0.1) is 6.54 Å². The average Bonchev–Trinajstić information content (AvgIpc) is 2.26. The van der Waals surface area contributed by atoms with E-state index in [9.17, 15) is 4.79 Å². The number of carbonyl (C=O) groups excluding carboxylic acids is 1. The molecule has 2 rings (SSSR count). The number of carbonyl (C=O) groups is 1. The Morgan fingerprint density at radius 2 is 2.33 bits per heavy atom. The van der Waals surface area contributed by atoms with E-state index in [1.807, 2.05) is 18.2 Å². The van der Waals surface area contributed by atoms with Gasteiger partial charge in [-0.05, 0) is 24.5 Å². The van der Waals surface area contributed by atoms with Crippen LogP contribution in [0, 0.1) is 0 Å². The Labute approximate surface area is 89.4 Å². The van der Waals surface area contributed by atoms with Gasteiger partial charge < -0.3 is 10.1 Å². The highest BCUT2D eigenvalue weighted by Crippen LogP contribution is 2.26. The second kappa shape index (κ2) is 4.34. The van der Waals surface area contributed by atoms with Crippen molar-refractivity contribution in [3.63, 3.8) is 0 Å². The number of fused-ring (bicyclic) bond motifs is 1. The molecule has 1 N–H and O–H groups in total. The summed E-state index contributed by atoms with van der Waals surface area (Å²) in [5.41, 5.74) is 1.26. The van der Waals surface area contributed by atoms with E-state index >= 15 is 0 Å². The summed E-state index contributed by atoms with van der Waals surface area (Å²) in [6.45, 7) is 2.13. The number of nitrogens with one attached hydrogen (secondary N) is 1. The smallest absolute Gasteiger partial charge is 0.217 e. The van der Waals surface area contributed by atoms with Crippen LogP contribution < -0.4 is 10.1 Å². The Balaban J connectivity index is 1.96. The van der Waals surface area contributed by atoms with Gasteiger partial charge in [0.25, 0.3) is 0 Å². The molecule has 3 nitrogen and oxygen atoms in total. The quantitative estimate of drug-likeness (QED) is 0.795. The second-order valence-electron chi connectivity index (χ2n) is 3.82. The minimum absolute atomic E-state index is 0.00235. The molecule has 0 saturated carbocycles. The third-order valence-corrected chi connectivity index (χ3v) is 2.58. The van der Waals surface area contributed by atoms with Gasteiger partial charge in [0.2, 0.25) is 5.91 Å². The van der Waals surface area contributed by atoms with Crippen LogP contribution in [0.1, 0.15) is 18.9 Å². The zero-order chi connectivity index (χ0) is 10.7. The highest BCUT2D eigenvalue weighted by molar-refractivity contribution is 5.72. The van der Waals surface area contributed by atoms with Crippen LogP contribution in [0.25, 0.3) is 0 Å². The maximum Gasteiger partial charge on any atom is 0.217 e. The topological polar surface area (TPSA) is 38.3 Å². The molecule has 1 aromatic rings. The maximum atomic E-state index is 10.8. The summed E-state index contributed by atoms with van der Waals surface area (Å²) in [6, 6.07) is 8.06. The molecule has 15 heavy (non-hydrogen) atoms. The third kappa shape index (κ3) is 2.49. The van der Waals surface area contributed by atoms with Crippen molar-refractivity contribution in [3.05, 3.63) is 29.8 Å². The van der Waals surface area contributed by atoms with Crippen molar-refractivity contribution in [3.8, 4) is 5.75 Å². The number of benzene rings is 1. The molecule has 1 aliphatic heterocycles. The van der Waals surface area contributed by atoms with Crippen LogP contribution in [0.4, 0.5) is 0 Å². The first-order valence-electron chi connectivity index (χ1n) is 5.24. The standard InChI is InChI=1S/C12H15NO2/c1-9(14)13-8-11-7-6-10-4-2-3-5-12(10)15-11/h2-5,11H,6-8H2,1H3,(H,13,14). The zero-order valence-electron chi connectivity index (χ0n) is 8.82. The van der Waals surface area contributed by atoms with E-state index in [-0.39, 0.29) is 12.0 Å². The van der Waals surface area contributed by atoms with Gasteiger partial charge in [-0.25, -0.2) is 0 Å². The van der Waals surface area contributed by atoms with Gasteiger partial charge in [-0.3, -0.25) is 4.79 Å². The Hall–Kier alpha value is -1.51. The molecule has 0 spiro atoms. The minimum atomic E-state index is -0.00235. The summed E-state index contributed by atoms with van der Waals surface area (Å²) in [6.07, 6.45) is 2.11. The molecule has 1 aliphatic rings. The monoisotopic (exact) mass is 205 g/mol. The lowest BCUT2D eigenvalue weighted by atomic mass is 10.0. The van der Waals surface area contributed by atoms with Gasteiger partial charge in [0.1, 0.15) is 11.9 Å².